The first kappa shape index (κ1) is 19.5. The summed E-state index contributed by atoms with van der Waals surface area (Å²) in [6.07, 6.45) is 0. The van der Waals surface area contributed by atoms with E-state index >= 15 is 0 Å². The zero-order valence-electron chi connectivity index (χ0n) is 14.1. The summed E-state index contributed by atoms with van der Waals surface area (Å²) in [6, 6.07) is 4.11. The fraction of sp³-hybridized carbons (Fsp3) is 0.100. The molecule has 3 aromatic carbocycles. The molecule has 0 aromatic heterocycles. The number of halogens is 7. The zero-order chi connectivity index (χ0) is 20.6. The van der Waals surface area contributed by atoms with E-state index in [1.807, 2.05) is 5.92 Å². The number of hydrogen-bond acceptors (Lipinski definition) is 1. The third kappa shape index (κ3) is 3.24. The van der Waals surface area contributed by atoms with Crippen LogP contribution in [0.25, 0.3) is 10.8 Å². The lowest BCUT2D eigenvalue weighted by Crippen LogP contribution is -2.06. The molecule has 0 unspecified atom stereocenters. The maximum Gasteiger partial charge on any atom is 0.205 e. The molecule has 0 aliphatic rings. The quantitative estimate of drug-likeness (QED) is 0.236. The van der Waals surface area contributed by atoms with Gasteiger partial charge in [-0.2, -0.15) is 8.78 Å². The summed E-state index contributed by atoms with van der Waals surface area (Å²) in [5.74, 6) is -8.40. The maximum absolute atomic E-state index is 14.0. The summed E-state index contributed by atoms with van der Waals surface area (Å²) < 4.78 is 101. The third-order valence-electron chi connectivity index (χ3n) is 3.82. The summed E-state index contributed by atoms with van der Waals surface area (Å²) >= 11 is 0. The van der Waals surface area contributed by atoms with Crippen molar-refractivity contribution in [3.8, 4) is 17.6 Å². The average molecular weight is 398 g/mol. The van der Waals surface area contributed by atoms with Gasteiger partial charge in [-0.15, -0.1) is 0 Å². The van der Waals surface area contributed by atoms with Gasteiger partial charge in [0.05, 0.1) is 6.61 Å². The highest BCUT2D eigenvalue weighted by Crippen LogP contribution is 2.30. The normalized spacial score (nSPS) is 10.7. The standard InChI is InChI=1S/C20H9F7O/c1-2-28-20-18(26)15(23)12(16(24)19(20)27)6-4-9-3-5-11-10(7-9)8-13(21)17(25)14(11)22/h3,5,7-8H,2H2,1H3. The molecule has 0 bridgehead atoms. The first-order valence-corrected chi connectivity index (χ1v) is 7.84. The van der Waals surface area contributed by atoms with Crippen molar-refractivity contribution in [1.82, 2.24) is 0 Å². The fourth-order valence-electron chi connectivity index (χ4n) is 2.51. The van der Waals surface area contributed by atoms with E-state index in [2.05, 4.69) is 10.7 Å². The van der Waals surface area contributed by atoms with E-state index in [0.717, 1.165) is 18.2 Å². The average Bonchev–Trinajstić information content (AvgIpc) is 2.68. The molecular formula is C20H9F7O. The smallest absolute Gasteiger partial charge is 0.205 e. The Kier molecular flexibility index (Phi) is 5.18. The van der Waals surface area contributed by atoms with Gasteiger partial charge in [-0.05, 0) is 30.5 Å². The number of benzene rings is 3. The first-order valence-electron chi connectivity index (χ1n) is 7.84. The van der Waals surface area contributed by atoms with Crippen LogP contribution in [0.2, 0.25) is 0 Å². The van der Waals surface area contributed by atoms with Gasteiger partial charge in [-0.1, -0.05) is 17.9 Å². The second kappa shape index (κ2) is 7.43. The van der Waals surface area contributed by atoms with Crippen LogP contribution in [0.5, 0.6) is 5.75 Å². The Bertz CT molecular complexity index is 1130. The van der Waals surface area contributed by atoms with E-state index in [-0.39, 0.29) is 22.9 Å². The maximum atomic E-state index is 14.0. The van der Waals surface area contributed by atoms with Crippen molar-refractivity contribution >= 4 is 10.8 Å². The molecule has 0 aliphatic heterocycles. The van der Waals surface area contributed by atoms with Crippen LogP contribution in [0.1, 0.15) is 18.1 Å². The van der Waals surface area contributed by atoms with Gasteiger partial charge in [0.1, 0.15) is 5.56 Å². The van der Waals surface area contributed by atoms with Gasteiger partial charge >= 0.3 is 0 Å². The van der Waals surface area contributed by atoms with Gasteiger partial charge in [-0.25, -0.2) is 22.0 Å². The van der Waals surface area contributed by atoms with Gasteiger partial charge in [0.15, 0.2) is 34.8 Å². The Morgan fingerprint density at radius 1 is 0.750 bits per heavy atom. The number of fused-ring (bicyclic) bond motifs is 1. The molecule has 3 aromatic rings. The lowest BCUT2D eigenvalue weighted by molar-refractivity contribution is 0.286. The molecular weight excluding hydrogens is 389 g/mol. The van der Waals surface area contributed by atoms with Crippen molar-refractivity contribution in [2.75, 3.05) is 6.61 Å². The summed E-state index contributed by atoms with van der Waals surface area (Å²) in [5.41, 5.74) is -1.15. The molecule has 0 amide bonds. The predicted molar refractivity (Wildman–Crippen MR) is 87.2 cm³/mol. The molecule has 0 radical (unpaired) electrons. The second-order valence-corrected chi connectivity index (χ2v) is 5.57. The molecule has 0 spiro atoms. The summed E-state index contributed by atoms with van der Waals surface area (Å²) in [4.78, 5) is 0. The largest absolute Gasteiger partial charge is 0.488 e. The predicted octanol–water partition coefficient (Wildman–Crippen LogP) is 5.61. The zero-order valence-corrected chi connectivity index (χ0v) is 14.1. The van der Waals surface area contributed by atoms with Crippen molar-refractivity contribution in [2.45, 2.75) is 6.92 Å². The van der Waals surface area contributed by atoms with Crippen molar-refractivity contribution in [2.24, 2.45) is 0 Å². The van der Waals surface area contributed by atoms with Crippen LogP contribution in [0.4, 0.5) is 30.7 Å². The molecule has 0 fully saturated rings. The minimum Gasteiger partial charge on any atom is -0.488 e. The van der Waals surface area contributed by atoms with Crippen molar-refractivity contribution in [1.29, 1.82) is 0 Å². The molecule has 0 N–H and O–H groups in total. The molecule has 0 heterocycles. The summed E-state index contributed by atoms with van der Waals surface area (Å²) in [5, 5.41) is -0.298. The fourth-order valence-corrected chi connectivity index (χ4v) is 2.51. The van der Waals surface area contributed by atoms with E-state index in [0.29, 0.717) is 0 Å². The lowest BCUT2D eigenvalue weighted by atomic mass is 10.1. The SMILES string of the molecule is CCOc1c(F)c(F)c(C#Cc2ccc3c(F)c(F)c(F)cc3c2)c(F)c1F. The molecule has 3 rings (SSSR count). The van der Waals surface area contributed by atoms with E-state index in [9.17, 15) is 30.7 Å². The third-order valence-corrected chi connectivity index (χ3v) is 3.82. The van der Waals surface area contributed by atoms with Crippen LogP contribution in [0, 0.1) is 52.6 Å². The Balaban J connectivity index is 2.11. The molecule has 144 valence electrons. The molecule has 0 saturated carbocycles. The Morgan fingerprint density at radius 3 is 2.00 bits per heavy atom. The molecule has 8 heteroatoms. The van der Waals surface area contributed by atoms with Gasteiger partial charge in [0, 0.05) is 10.9 Å². The molecule has 0 saturated heterocycles. The van der Waals surface area contributed by atoms with E-state index in [4.69, 9.17) is 0 Å². The monoisotopic (exact) mass is 398 g/mol. The number of hydrogen-bond donors (Lipinski definition) is 0. The Morgan fingerprint density at radius 2 is 1.39 bits per heavy atom. The second-order valence-electron chi connectivity index (χ2n) is 5.57. The highest BCUT2D eigenvalue weighted by Gasteiger charge is 2.25. The van der Waals surface area contributed by atoms with Crippen LogP contribution in [-0.4, -0.2) is 6.61 Å². The molecule has 0 aliphatic carbocycles. The Hall–Kier alpha value is -3.21. The van der Waals surface area contributed by atoms with Crippen molar-refractivity contribution in [3.05, 3.63) is 76.1 Å². The number of ether oxygens (including phenoxy) is 1. The van der Waals surface area contributed by atoms with Crippen LogP contribution < -0.4 is 4.74 Å². The minimum atomic E-state index is -1.74. The molecule has 0 atom stereocenters. The highest BCUT2D eigenvalue weighted by atomic mass is 19.2. The van der Waals surface area contributed by atoms with Crippen molar-refractivity contribution < 1.29 is 35.5 Å². The lowest BCUT2D eigenvalue weighted by Gasteiger charge is -2.09. The summed E-state index contributed by atoms with van der Waals surface area (Å²) in [6.45, 7) is 1.15. The van der Waals surface area contributed by atoms with E-state index in [1.165, 1.54) is 13.0 Å². The highest BCUT2D eigenvalue weighted by molar-refractivity contribution is 5.84. The van der Waals surface area contributed by atoms with Gasteiger partial charge in [0.2, 0.25) is 11.6 Å². The summed E-state index contributed by atoms with van der Waals surface area (Å²) in [7, 11) is 0. The van der Waals surface area contributed by atoms with Crippen LogP contribution in [0.3, 0.4) is 0 Å². The first-order chi connectivity index (χ1) is 13.3. The Labute approximate surface area is 154 Å². The van der Waals surface area contributed by atoms with Crippen LogP contribution in [0.15, 0.2) is 24.3 Å². The van der Waals surface area contributed by atoms with Gasteiger partial charge in [0.25, 0.3) is 0 Å². The van der Waals surface area contributed by atoms with Crippen LogP contribution >= 0.6 is 0 Å². The number of rotatable bonds is 2. The van der Waals surface area contributed by atoms with Crippen LogP contribution in [-0.2, 0) is 0 Å². The van der Waals surface area contributed by atoms with Gasteiger partial charge < -0.3 is 4.74 Å². The topological polar surface area (TPSA) is 9.23 Å². The van der Waals surface area contributed by atoms with Crippen molar-refractivity contribution in [3.63, 3.8) is 0 Å². The molecule has 28 heavy (non-hydrogen) atoms. The molecule has 1 nitrogen and oxygen atoms in total. The van der Waals surface area contributed by atoms with Gasteiger partial charge in [-0.3, -0.25) is 0 Å². The minimum absolute atomic E-state index is 0.0198. The van der Waals surface area contributed by atoms with E-state index < -0.39 is 52.0 Å². The van der Waals surface area contributed by atoms with E-state index in [1.54, 1.807) is 0 Å².